The molecule has 0 aliphatic carbocycles. The van der Waals surface area contributed by atoms with Crippen LogP contribution in [0.3, 0.4) is 0 Å². The Bertz CT molecular complexity index is 772. The highest BCUT2D eigenvalue weighted by molar-refractivity contribution is 7.21. The van der Waals surface area contributed by atoms with Crippen molar-refractivity contribution in [3.8, 4) is 0 Å². The van der Waals surface area contributed by atoms with E-state index in [0.29, 0.717) is 16.6 Å². The molecule has 2 aromatic rings. The second kappa shape index (κ2) is 7.58. The summed E-state index contributed by atoms with van der Waals surface area (Å²) in [5, 5.41) is 4.30. The fourth-order valence-corrected chi connectivity index (χ4v) is 4.60. The number of hydrogen-bond acceptors (Lipinski definition) is 6. The molecular weight excluding hydrogens is 334 g/mol. The molecule has 1 aliphatic heterocycles. The number of primary amides is 1. The van der Waals surface area contributed by atoms with Crippen LogP contribution >= 0.6 is 11.3 Å². The number of amides is 1. The summed E-state index contributed by atoms with van der Waals surface area (Å²) in [6, 6.07) is 2.72. The van der Waals surface area contributed by atoms with Crippen LogP contribution in [0.2, 0.25) is 0 Å². The van der Waals surface area contributed by atoms with Crippen LogP contribution in [0.15, 0.2) is 6.07 Å². The normalized spacial score (nSPS) is 18.5. The lowest BCUT2D eigenvalue weighted by atomic mass is 10.1. The summed E-state index contributed by atoms with van der Waals surface area (Å²) in [5.41, 5.74) is 13.3. The van der Waals surface area contributed by atoms with Gasteiger partial charge in [-0.25, -0.2) is 4.98 Å². The molecule has 6 nitrogen and oxygen atoms in total. The maximum absolute atomic E-state index is 11.7. The third-order valence-corrected chi connectivity index (χ3v) is 6.08. The van der Waals surface area contributed by atoms with E-state index in [9.17, 15) is 4.79 Å². The molecule has 3 rings (SSSR count). The summed E-state index contributed by atoms with van der Waals surface area (Å²) in [6.45, 7) is 4.14. The highest BCUT2D eigenvalue weighted by Gasteiger charge is 2.22. The standard InChI is InChI=1S/C18H27N5OS/c1-3-5-11-10-13(23-8-4-6-12(21-2)7-9-23)22-18-14(11)15(19)16(25-18)17(20)24/h10,12,21H,3-9,19H2,1-2H3,(H2,20,24). The van der Waals surface area contributed by atoms with Crippen molar-refractivity contribution in [3.05, 3.63) is 16.5 Å². The first kappa shape index (κ1) is 17.9. The van der Waals surface area contributed by atoms with Gasteiger partial charge in [-0.05, 0) is 44.4 Å². The Hall–Kier alpha value is -1.86. The first-order valence-electron chi connectivity index (χ1n) is 8.99. The Morgan fingerprint density at radius 1 is 1.44 bits per heavy atom. The van der Waals surface area contributed by atoms with Gasteiger partial charge in [-0.3, -0.25) is 4.79 Å². The average Bonchev–Trinajstić information content (AvgIpc) is 2.78. The van der Waals surface area contributed by atoms with E-state index < -0.39 is 5.91 Å². The van der Waals surface area contributed by atoms with Crippen molar-refractivity contribution in [2.24, 2.45) is 5.73 Å². The van der Waals surface area contributed by atoms with Crippen molar-refractivity contribution in [2.45, 2.75) is 45.1 Å². The molecule has 0 saturated carbocycles. The lowest BCUT2D eigenvalue weighted by Crippen LogP contribution is -2.28. The minimum Gasteiger partial charge on any atom is -0.397 e. The number of nitrogens with one attached hydrogen (secondary N) is 1. The Morgan fingerprint density at radius 3 is 2.92 bits per heavy atom. The molecule has 1 unspecified atom stereocenters. The number of aryl methyl sites for hydroxylation is 1. The summed E-state index contributed by atoms with van der Waals surface area (Å²) in [7, 11) is 2.03. The monoisotopic (exact) mass is 361 g/mol. The predicted octanol–water partition coefficient (Wildman–Crippen LogP) is 2.51. The third-order valence-electron chi connectivity index (χ3n) is 4.97. The molecule has 5 N–H and O–H groups in total. The lowest BCUT2D eigenvalue weighted by molar-refractivity contribution is 0.100. The van der Waals surface area contributed by atoms with Crippen molar-refractivity contribution in [1.29, 1.82) is 0 Å². The smallest absolute Gasteiger partial charge is 0.260 e. The number of nitrogens with two attached hydrogens (primary N) is 2. The number of pyridine rings is 1. The van der Waals surface area contributed by atoms with Gasteiger partial charge in [-0.2, -0.15) is 0 Å². The molecule has 3 heterocycles. The first-order chi connectivity index (χ1) is 12.0. The number of anilines is 2. The molecule has 25 heavy (non-hydrogen) atoms. The summed E-state index contributed by atoms with van der Waals surface area (Å²) < 4.78 is 0. The van der Waals surface area contributed by atoms with E-state index in [-0.39, 0.29) is 0 Å². The molecule has 1 fully saturated rings. The van der Waals surface area contributed by atoms with Gasteiger partial charge in [-0.15, -0.1) is 11.3 Å². The van der Waals surface area contributed by atoms with Gasteiger partial charge in [-0.1, -0.05) is 13.3 Å². The highest BCUT2D eigenvalue weighted by Crippen LogP contribution is 2.37. The van der Waals surface area contributed by atoms with Gasteiger partial charge in [0.1, 0.15) is 15.5 Å². The minimum atomic E-state index is -0.476. The summed E-state index contributed by atoms with van der Waals surface area (Å²) in [5.74, 6) is 0.515. The zero-order valence-corrected chi connectivity index (χ0v) is 15.8. The highest BCUT2D eigenvalue weighted by atomic mass is 32.1. The number of carbonyl (C=O) groups is 1. The topological polar surface area (TPSA) is 97.3 Å². The van der Waals surface area contributed by atoms with Gasteiger partial charge in [0.15, 0.2) is 0 Å². The van der Waals surface area contributed by atoms with Crippen LogP contribution in [0.25, 0.3) is 10.2 Å². The van der Waals surface area contributed by atoms with E-state index in [4.69, 9.17) is 16.5 Å². The van der Waals surface area contributed by atoms with Crippen molar-refractivity contribution < 1.29 is 4.79 Å². The van der Waals surface area contributed by atoms with Gasteiger partial charge in [0, 0.05) is 24.5 Å². The Labute approximate surface area is 152 Å². The maximum atomic E-state index is 11.7. The van der Waals surface area contributed by atoms with Crippen molar-refractivity contribution in [1.82, 2.24) is 10.3 Å². The summed E-state index contributed by atoms with van der Waals surface area (Å²) in [6.07, 6.45) is 5.38. The Balaban J connectivity index is 2.03. The Kier molecular flexibility index (Phi) is 5.44. The van der Waals surface area contributed by atoms with Crippen LogP contribution < -0.4 is 21.7 Å². The summed E-state index contributed by atoms with van der Waals surface area (Å²) >= 11 is 1.31. The average molecular weight is 362 g/mol. The predicted molar refractivity (Wildman–Crippen MR) is 105 cm³/mol. The Morgan fingerprint density at radius 2 is 2.24 bits per heavy atom. The van der Waals surface area contributed by atoms with Gasteiger partial charge >= 0.3 is 0 Å². The van der Waals surface area contributed by atoms with E-state index in [1.54, 1.807) is 0 Å². The molecule has 1 saturated heterocycles. The number of nitrogens with zero attached hydrogens (tertiary/aromatic N) is 2. The number of thiophene rings is 1. The molecule has 7 heteroatoms. The second-order valence-corrected chi connectivity index (χ2v) is 7.68. The molecule has 0 bridgehead atoms. The first-order valence-corrected chi connectivity index (χ1v) is 9.80. The van der Waals surface area contributed by atoms with E-state index in [1.807, 2.05) is 7.05 Å². The zero-order chi connectivity index (χ0) is 18.0. The maximum Gasteiger partial charge on any atom is 0.260 e. The fourth-order valence-electron chi connectivity index (χ4n) is 3.61. The number of rotatable bonds is 5. The zero-order valence-electron chi connectivity index (χ0n) is 15.0. The molecule has 0 spiro atoms. The van der Waals surface area contributed by atoms with Crippen molar-refractivity contribution in [3.63, 3.8) is 0 Å². The number of aromatic nitrogens is 1. The SMILES string of the molecule is CCCc1cc(N2CCCC(NC)CC2)nc2sc(C(N)=O)c(N)c12. The molecule has 0 radical (unpaired) electrons. The third kappa shape index (κ3) is 3.57. The summed E-state index contributed by atoms with van der Waals surface area (Å²) in [4.78, 5) is 20.1. The second-order valence-electron chi connectivity index (χ2n) is 6.68. The van der Waals surface area contributed by atoms with E-state index in [2.05, 4.69) is 23.2 Å². The van der Waals surface area contributed by atoms with Crippen LogP contribution in [0.1, 0.15) is 47.8 Å². The van der Waals surface area contributed by atoms with Crippen LogP contribution in [-0.2, 0) is 6.42 Å². The van der Waals surface area contributed by atoms with Crippen LogP contribution in [0.5, 0.6) is 0 Å². The van der Waals surface area contributed by atoms with Crippen molar-refractivity contribution in [2.75, 3.05) is 30.8 Å². The molecule has 136 valence electrons. The number of carbonyl (C=O) groups excluding carboxylic acids is 1. The van der Waals surface area contributed by atoms with Crippen LogP contribution in [-0.4, -0.2) is 37.1 Å². The molecule has 0 aromatic carbocycles. The fraction of sp³-hybridized carbons (Fsp3) is 0.556. The van der Waals surface area contributed by atoms with Gasteiger partial charge in [0.05, 0.1) is 5.69 Å². The minimum absolute atomic E-state index is 0.420. The van der Waals surface area contributed by atoms with E-state index in [1.165, 1.54) is 17.8 Å². The van der Waals surface area contributed by atoms with Gasteiger partial charge in [0.2, 0.25) is 0 Å². The van der Waals surface area contributed by atoms with Crippen LogP contribution in [0.4, 0.5) is 11.5 Å². The molecule has 1 atom stereocenters. The molecule has 2 aromatic heterocycles. The quantitative estimate of drug-likeness (QED) is 0.760. The van der Waals surface area contributed by atoms with Gasteiger partial charge < -0.3 is 21.7 Å². The van der Waals surface area contributed by atoms with Crippen LogP contribution in [0, 0.1) is 0 Å². The number of nitrogen functional groups attached to an aromatic ring is 1. The molecular formula is C18H27N5OS. The van der Waals surface area contributed by atoms with E-state index >= 15 is 0 Å². The lowest BCUT2D eigenvalue weighted by Gasteiger charge is -2.22. The van der Waals surface area contributed by atoms with Gasteiger partial charge in [0.25, 0.3) is 5.91 Å². The number of hydrogen-bond donors (Lipinski definition) is 3. The molecule has 1 amide bonds. The van der Waals surface area contributed by atoms with E-state index in [0.717, 1.165) is 60.4 Å². The largest absolute Gasteiger partial charge is 0.397 e. The van der Waals surface area contributed by atoms with Crippen molar-refractivity contribution >= 4 is 39.0 Å². The number of fused-ring (bicyclic) bond motifs is 1. The molecule has 1 aliphatic rings.